The second-order valence-corrected chi connectivity index (χ2v) is 7.20. The molecule has 4 aromatic rings. The third-order valence-corrected chi connectivity index (χ3v) is 5.11. The molecule has 0 aliphatic heterocycles. The monoisotopic (exact) mass is 401 g/mol. The third-order valence-electron chi connectivity index (χ3n) is 5.11. The van der Waals surface area contributed by atoms with Gasteiger partial charge >= 0.3 is 0 Å². The molecule has 0 radical (unpaired) electrons. The van der Waals surface area contributed by atoms with Gasteiger partial charge < -0.3 is 9.30 Å². The van der Waals surface area contributed by atoms with E-state index in [1.165, 1.54) is 31.4 Å². The predicted octanol–water partition coefficient (Wildman–Crippen LogP) is 4.74. The van der Waals surface area contributed by atoms with Gasteiger partial charge in [-0.3, -0.25) is 9.59 Å². The first-order chi connectivity index (χ1) is 14.5. The summed E-state index contributed by atoms with van der Waals surface area (Å²) in [5, 5.41) is 0.398. The van der Waals surface area contributed by atoms with E-state index in [0.29, 0.717) is 23.2 Å². The van der Waals surface area contributed by atoms with E-state index in [9.17, 15) is 14.0 Å². The standard InChI is InChI=1S/C25H20FNO3/c1-16-3-5-17(6-4-16)14-27-15-22(24(28)18-7-9-19(26)10-8-18)25(29)21-13-20(30-2)11-12-23(21)27/h3-13,15H,14H2,1-2H3. The van der Waals surface area contributed by atoms with Crippen LogP contribution in [-0.4, -0.2) is 17.5 Å². The Morgan fingerprint density at radius 2 is 1.70 bits per heavy atom. The van der Waals surface area contributed by atoms with Crippen LogP contribution in [0.2, 0.25) is 0 Å². The molecule has 4 nitrogen and oxygen atoms in total. The first-order valence-electron chi connectivity index (χ1n) is 9.53. The highest BCUT2D eigenvalue weighted by Crippen LogP contribution is 2.21. The first-order valence-corrected chi connectivity index (χ1v) is 9.53. The summed E-state index contributed by atoms with van der Waals surface area (Å²) < 4.78 is 20.4. The summed E-state index contributed by atoms with van der Waals surface area (Å²) in [4.78, 5) is 26.2. The van der Waals surface area contributed by atoms with Crippen molar-refractivity contribution in [2.45, 2.75) is 13.5 Å². The summed E-state index contributed by atoms with van der Waals surface area (Å²) in [7, 11) is 1.53. The van der Waals surface area contributed by atoms with Crippen LogP contribution < -0.4 is 10.2 Å². The number of hydrogen-bond donors (Lipinski definition) is 0. The van der Waals surface area contributed by atoms with Crippen molar-refractivity contribution >= 4 is 16.7 Å². The fraction of sp³-hybridized carbons (Fsp3) is 0.120. The zero-order valence-corrected chi connectivity index (χ0v) is 16.7. The van der Waals surface area contributed by atoms with Crippen molar-refractivity contribution in [1.82, 2.24) is 4.57 Å². The third kappa shape index (κ3) is 3.74. The molecule has 4 rings (SSSR count). The van der Waals surface area contributed by atoms with Crippen LogP contribution in [0.1, 0.15) is 27.0 Å². The number of carbonyl (C=O) groups is 1. The Balaban J connectivity index is 1.90. The number of ketones is 1. The molecule has 3 aromatic carbocycles. The normalized spacial score (nSPS) is 10.9. The van der Waals surface area contributed by atoms with Gasteiger partial charge in [0.2, 0.25) is 5.43 Å². The molecule has 0 unspecified atom stereocenters. The van der Waals surface area contributed by atoms with Gasteiger partial charge in [0.1, 0.15) is 11.6 Å². The maximum absolute atomic E-state index is 13.3. The Morgan fingerprint density at radius 1 is 1.00 bits per heavy atom. The van der Waals surface area contributed by atoms with Crippen molar-refractivity contribution in [3.63, 3.8) is 0 Å². The number of fused-ring (bicyclic) bond motifs is 1. The maximum Gasteiger partial charge on any atom is 0.200 e. The van der Waals surface area contributed by atoms with Gasteiger partial charge in [-0.05, 0) is 55.0 Å². The SMILES string of the molecule is COc1ccc2c(c1)c(=O)c(C(=O)c1ccc(F)cc1)cn2Cc1ccc(C)cc1. The van der Waals surface area contributed by atoms with Gasteiger partial charge in [0.15, 0.2) is 5.78 Å². The fourth-order valence-corrected chi connectivity index (χ4v) is 3.44. The Hall–Kier alpha value is -3.73. The largest absolute Gasteiger partial charge is 0.497 e. The number of carbonyl (C=O) groups excluding carboxylic acids is 1. The first kappa shape index (κ1) is 19.6. The van der Waals surface area contributed by atoms with Crippen LogP contribution in [0.25, 0.3) is 10.9 Å². The van der Waals surface area contributed by atoms with Gasteiger partial charge in [-0.15, -0.1) is 0 Å². The average Bonchev–Trinajstić information content (AvgIpc) is 2.77. The number of hydrogen-bond acceptors (Lipinski definition) is 3. The van der Waals surface area contributed by atoms with Crippen LogP contribution in [-0.2, 0) is 6.54 Å². The van der Waals surface area contributed by atoms with E-state index in [4.69, 9.17) is 4.74 Å². The van der Waals surface area contributed by atoms with Gasteiger partial charge in [-0.2, -0.15) is 0 Å². The number of halogens is 1. The van der Waals surface area contributed by atoms with E-state index in [-0.39, 0.29) is 16.6 Å². The zero-order valence-electron chi connectivity index (χ0n) is 16.7. The van der Waals surface area contributed by atoms with Crippen molar-refractivity contribution in [2.75, 3.05) is 7.11 Å². The minimum absolute atomic E-state index is 0.0365. The molecule has 0 saturated carbocycles. The minimum atomic E-state index is -0.442. The zero-order chi connectivity index (χ0) is 21.3. The van der Waals surface area contributed by atoms with Crippen LogP contribution >= 0.6 is 0 Å². The highest BCUT2D eigenvalue weighted by atomic mass is 19.1. The lowest BCUT2D eigenvalue weighted by molar-refractivity contribution is 0.103. The topological polar surface area (TPSA) is 48.3 Å². The quantitative estimate of drug-likeness (QED) is 0.454. The molecule has 0 amide bonds. The molecule has 0 fully saturated rings. The minimum Gasteiger partial charge on any atom is -0.497 e. The molecular weight excluding hydrogens is 381 g/mol. The molecule has 150 valence electrons. The van der Waals surface area contributed by atoms with Gasteiger partial charge in [0, 0.05) is 18.3 Å². The second kappa shape index (κ2) is 7.95. The van der Waals surface area contributed by atoms with E-state index in [1.54, 1.807) is 18.3 Å². The molecule has 0 aliphatic carbocycles. The molecular formula is C25H20FNO3. The summed E-state index contributed by atoms with van der Waals surface area (Å²) in [5.74, 6) is -0.346. The van der Waals surface area contributed by atoms with Crippen LogP contribution in [0.15, 0.2) is 77.7 Å². The molecule has 0 atom stereocenters. The van der Waals surface area contributed by atoms with E-state index in [1.807, 2.05) is 41.8 Å². The van der Waals surface area contributed by atoms with Crippen LogP contribution in [0.3, 0.4) is 0 Å². The average molecular weight is 401 g/mol. The summed E-state index contributed by atoms with van der Waals surface area (Å²) >= 11 is 0. The fourth-order valence-electron chi connectivity index (χ4n) is 3.44. The number of nitrogens with zero attached hydrogens (tertiary/aromatic N) is 1. The molecule has 1 heterocycles. The predicted molar refractivity (Wildman–Crippen MR) is 115 cm³/mol. The molecule has 0 N–H and O–H groups in total. The number of aryl methyl sites for hydroxylation is 1. The number of ether oxygens (including phenoxy) is 1. The van der Waals surface area contributed by atoms with Crippen LogP contribution in [0.4, 0.5) is 4.39 Å². The number of rotatable bonds is 5. The highest BCUT2D eigenvalue weighted by molar-refractivity contribution is 6.10. The van der Waals surface area contributed by atoms with E-state index in [2.05, 4.69) is 0 Å². The lowest BCUT2D eigenvalue weighted by Gasteiger charge is -2.14. The molecule has 0 spiro atoms. The summed E-state index contributed by atoms with van der Waals surface area (Å²) in [6, 6.07) is 18.5. The smallest absolute Gasteiger partial charge is 0.200 e. The number of benzene rings is 3. The van der Waals surface area contributed by atoms with E-state index in [0.717, 1.165) is 11.1 Å². The number of pyridine rings is 1. The summed E-state index contributed by atoms with van der Waals surface area (Å²) in [5.41, 5.74) is 2.82. The lowest BCUT2D eigenvalue weighted by Crippen LogP contribution is -2.20. The molecule has 0 aliphatic rings. The Labute approximate surface area is 173 Å². The second-order valence-electron chi connectivity index (χ2n) is 7.20. The molecule has 0 bridgehead atoms. The van der Waals surface area contributed by atoms with E-state index >= 15 is 0 Å². The molecule has 30 heavy (non-hydrogen) atoms. The number of aromatic nitrogens is 1. The number of methoxy groups -OCH3 is 1. The lowest BCUT2D eigenvalue weighted by atomic mass is 10.0. The molecule has 5 heteroatoms. The van der Waals surface area contributed by atoms with Gasteiger partial charge in [0.05, 0.1) is 23.6 Å². The Kier molecular flexibility index (Phi) is 5.19. The van der Waals surface area contributed by atoms with Crippen molar-refractivity contribution in [3.8, 4) is 5.75 Å². The van der Waals surface area contributed by atoms with E-state index < -0.39 is 11.6 Å². The van der Waals surface area contributed by atoms with Crippen molar-refractivity contribution in [1.29, 1.82) is 0 Å². The van der Waals surface area contributed by atoms with Gasteiger partial charge in [-0.25, -0.2) is 4.39 Å². The van der Waals surface area contributed by atoms with Crippen molar-refractivity contribution in [2.24, 2.45) is 0 Å². The van der Waals surface area contributed by atoms with Crippen molar-refractivity contribution < 1.29 is 13.9 Å². The maximum atomic E-state index is 13.3. The Morgan fingerprint density at radius 3 is 2.37 bits per heavy atom. The van der Waals surface area contributed by atoms with Gasteiger partial charge in [0.25, 0.3) is 0 Å². The highest BCUT2D eigenvalue weighted by Gasteiger charge is 2.18. The molecule has 1 aromatic heterocycles. The van der Waals surface area contributed by atoms with Crippen LogP contribution in [0.5, 0.6) is 5.75 Å². The van der Waals surface area contributed by atoms with Crippen LogP contribution in [0, 0.1) is 12.7 Å². The van der Waals surface area contributed by atoms with Crippen molar-refractivity contribution in [3.05, 3.63) is 111 Å². The van der Waals surface area contributed by atoms with Gasteiger partial charge in [-0.1, -0.05) is 29.8 Å². The summed E-state index contributed by atoms with van der Waals surface area (Å²) in [6.07, 6.45) is 1.59. The summed E-state index contributed by atoms with van der Waals surface area (Å²) in [6.45, 7) is 2.51. The Bertz CT molecular complexity index is 1290. The molecule has 0 saturated heterocycles.